The molecule has 1 N–H and O–H groups in total. The predicted molar refractivity (Wildman–Crippen MR) is 96.1 cm³/mol. The number of nitrogens with one attached hydrogen (secondary N) is 1. The van der Waals surface area contributed by atoms with E-state index in [1.807, 2.05) is 18.4 Å². The second kappa shape index (κ2) is 8.37. The van der Waals surface area contributed by atoms with Crippen molar-refractivity contribution >= 4 is 52.7 Å². The van der Waals surface area contributed by atoms with Crippen molar-refractivity contribution in [1.82, 2.24) is 4.98 Å². The maximum absolute atomic E-state index is 12.1. The van der Waals surface area contributed by atoms with Crippen LogP contribution in [0.2, 0.25) is 10.0 Å². The van der Waals surface area contributed by atoms with E-state index >= 15 is 0 Å². The maximum Gasteiger partial charge on any atom is 0.339 e. The fourth-order valence-corrected chi connectivity index (χ4v) is 2.83. The number of hydrogen-bond donors (Lipinski definition) is 1. The molecule has 0 radical (unpaired) electrons. The maximum atomic E-state index is 12.1. The normalized spacial score (nSPS) is 10.3. The van der Waals surface area contributed by atoms with E-state index in [0.717, 1.165) is 4.90 Å². The monoisotopic (exact) mass is 384 g/mol. The van der Waals surface area contributed by atoms with Gasteiger partial charge in [-0.15, -0.1) is 11.8 Å². The van der Waals surface area contributed by atoms with Crippen LogP contribution in [0.1, 0.15) is 16.1 Å². The highest BCUT2D eigenvalue weighted by molar-refractivity contribution is 7.98. The number of esters is 1. The van der Waals surface area contributed by atoms with Crippen molar-refractivity contribution in [3.63, 3.8) is 0 Å². The highest BCUT2D eigenvalue weighted by Crippen LogP contribution is 2.25. The molecule has 2 aromatic rings. The van der Waals surface area contributed by atoms with Crippen LogP contribution in [0.4, 0.5) is 5.82 Å². The molecule has 0 aliphatic carbocycles. The van der Waals surface area contributed by atoms with Gasteiger partial charge >= 0.3 is 5.97 Å². The smallest absolute Gasteiger partial charge is 0.339 e. The van der Waals surface area contributed by atoms with Gasteiger partial charge in [-0.25, -0.2) is 9.78 Å². The first-order valence-corrected chi connectivity index (χ1v) is 8.83. The van der Waals surface area contributed by atoms with Crippen LogP contribution >= 0.6 is 35.0 Å². The summed E-state index contributed by atoms with van der Waals surface area (Å²) in [5, 5.41) is 3.10. The Morgan fingerprint density at radius 1 is 1.25 bits per heavy atom. The van der Waals surface area contributed by atoms with Crippen LogP contribution in [0.25, 0.3) is 0 Å². The van der Waals surface area contributed by atoms with E-state index in [2.05, 4.69) is 10.3 Å². The first-order chi connectivity index (χ1) is 11.4. The lowest BCUT2D eigenvalue weighted by atomic mass is 10.2. The average molecular weight is 385 g/mol. The number of halogens is 2. The molecule has 24 heavy (non-hydrogen) atoms. The molecule has 0 saturated heterocycles. The number of aryl methyl sites for hydroxylation is 1. The third kappa shape index (κ3) is 4.63. The first-order valence-electron chi connectivity index (χ1n) is 6.85. The van der Waals surface area contributed by atoms with E-state index in [4.69, 9.17) is 27.9 Å². The quantitative estimate of drug-likeness (QED) is 0.617. The van der Waals surface area contributed by atoms with Gasteiger partial charge in [-0.2, -0.15) is 0 Å². The van der Waals surface area contributed by atoms with Crippen molar-refractivity contribution in [2.45, 2.75) is 11.8 Å². The number of nitrogens with zero attached hydrogens (tertiary/aromatic N) is 1. The zero-order chi connectivity index (χ0) is 17.7. The van der Waals surface area contributed by atoms with Gasteiger partial charge in [0.2, 0.25) is 0 Å². The van der Waals surface area contributed by atoms with Gasteiger partial charge in [0, 0.05) is 4.90 Å². The van der Waals surface area contributed by atoms with Crippen LogP contribution in [0, 0.1) is 6.92 Å². The zero-order valence-electron chi connectivity index (χ0n) is 12.9. The van der Waals surface area contributed by atoms with E-state index in [0.29, 0.717) is 16.3 Å². The molecular weight excluding hydrogens is 371 g/mol. The van der Waals surface area contributed by atoms with E-state index in [9.17, 15) is 9.59 Å². The van der Waals surface area contributed by atoms with Gasteiger partial charge < -0.3 is 10.1 Å². The van der Waals surface area contributed by atoms with Crippen LogP contribution in [0.15, 0.2) is 35.2 Å². The molecule has 0 aliphatic rings. The van der Waals surface area contributed by atoms with Gasteiger partial charge in [-0.1, -0.05) is 35.3 Å². The van der Waals surface area contributed by atoms with E-state index in [1.165, 1.54) is 17.8 Å². The third-order valence-electron chi connectivity index (χ3n) is 3.02. The van der Waals surface area contributed by atoms with Gasteiger partial charge in [0.15, 0.2) is 12.4 Å². The van der Waals surface area contributed by atoms with Crippen molar-refractivity contribution in [3.05, 3.63) is 51.6 Å². The number of anilines is 1. The number of aromatic nitrogens is 1. The lowest BCUT2D eigenvalue weighted by Gasteiger charge is -2.10. The molecular formula is C16H14Cl2N2O3S. The Kier molecular flexibility index (Phi) is 6.48. The zero-order valence-corrected chi connectivity index (χ0v) is 15.3. The molecule has 0 saturated carbocycles. The third-order valence-corrected chi connectivity index (χ3v) is 4.49. The summed E-state index contributed by atoms with van der Waals surface area (Å²) in [5.41, 5.74) is 0.943. The van der Waals surface area contributed by atoms with Gasteiger partial charge in [0.25, 0.3) is 5.91 Å². The number of ether oxygens (including phenoxy) is 1. The Labute approximate surface area is 153 Å². The summed E-state index contributed by atoms with van der Waals surface area (Å²) < 4.78 is 5.04. The SMILES string of the molecule is CSc1ccccc1C(=O)OCC(=O)Nc1nc(C)c(Cl)cc1Cl. The number of carbonyl (C=O) groups is 2. The highest BCUT2D eigenvalue weighted by Gasteiger charge is 2.15. The van der Waals surface area contributed by atoms with Crippen LogP contribution in [-0.4, -0.2) is 29.7 Å². The molecule has 2 rings (SSSR count). The summed E-state index contributed by atoms with van der Waals surface area (Å²) in [7, 11) is 0. The van der Waals surface area contributed by atoms with Gasteiger partial charge in [0.05, 0.1) is 21.3 Å². The minimum Gasteiger partial charge on any atom is -0.452 e. The van der Waals surface area contributed by atoms with Gasteiger partial charge in [-0.3, -0.25) is 4.79 Å². The second-order valence-electron chi connectivity index (χ2n) is 4.71. The number of thioether (sulfide) groups is 1. The van der Waals surface area contributed by atoms with Crippen molar-refractivity contribution < 1.29 is 14.3 Å². The predicted octanol–water partition coefficient (Wildman–Crippen LogP) is 4.21. The van der Waals surface area contributed by atoms with Crippen molar-refractivity contribution in [2.75, 3.05) is 18.2 Å². The fourth-order valence-electron chi connectivity index (χ4n) is 1.84. The van der Waals surface area contributed by atoms with Crippen molar-refractivity contribution in [2.24, 2.45) is 0 Å². The Hall–Kier alpha value is -1.76. The standard InChI is InChI=1S/C16H14Cl2N2O3S/c1-9-11(17)7-12(18)15(19-9)20-14(21)8-23-16(22)10-5-3-4-6-13(10)24-2/h3-7H,8H2,1-2H3,(H,19,20,21). The molecule has 0 bridgehead atoms. The lowest BCUT2D eigenvalue weighted by molar-refractivity contribution is -0.119. The molecule has 1 amide bonds. The summed E-state index contributed by atoms with van der Waals surface area (Å²) in [6.07, 6.45) is 1.86. The Bertz CT molecular complexity index is 784. The average Bonchev–Trinajstić information content (AvgIpc) is 2.57. The topological polar surface area (TPSA) is 68.3 Å². The number of hydrogen-bond acceptors (Lipinski definition) is 5. The molecule has 0 aliphatic heterocycles. The molecule has 1 heterocycles. The minimum atomic E-state index is -0.568. The number of benzene rings is 1. The van der Waals surface area contributed by atoms with E-state index in [1.54, 1.807) is 19.1 Å². The number of rotatable bonds is 5. The number of pyridine rings is 1. The number of amides is 1. The Morgan fingerprint density at radius 2 is 1.96 bits per heavy atom. The molecule has 126 valence electrons. The number of carbonyl (C=O) groups excluding carboxylic acids is 2. The Morgan fingerprint density at radius 3 is 2.67 bits per heavy atom. The second-order valence-corrected chi connectivity index (χ2v) is 6.37. The largest absolute Gasteiger partial charge is 0.452 e. The summed E-state index contributed by atoms with van der Waals surface area (Å²) in [6.45, 7) is 1.24. The molecule has 8 heteroatoms. The molecule has 5 nitrogen and oxygen atoms in total. The van der Waals surface area contributed by atoms with Crippen LogP contribution < -0.4 is 5.32 Å². The van der Waals surface area contributed by atoms with Crippen LogP contribution in [-0.2, 0) is 9.53 Å². The van der Waals surface area contributed by atoms with Crippen molar-refractivity contribution in [3.8, 4) is 0 Å². The first kappa shape index (κ1) is 18.6. The van der Waals surface area contributed by atoms with Crippen molar-refractivity contribution in [1.29, 1.82) is 0 Å². The van der Waals surface area contributed by atoms with Gasteiger partial charge in [-0.05, 0) is 31.4 Å². The van der Waals surface area contributed by atoms with E-state index in [-0.39, 0.29) is 10.8 Å². The summed E-state index contributed by atoms with van der Waals surface area (Å²) >= 11 is 13.3. The van der Waals surface area contributed by atoms with Gasteiger partial charge in [0.1, 0.15) is 0 Å². The lowest BCUT2D eigenvalue weighted by Crippen LogP contribution is -2.22. The summed E-state index contributed by atoms with van der Waals surface area (Å²) in [4.78, 5) is 28.9. The fraction of sp³-hybridized carbons (Fsp3) is 0.188. The molecule has 0 fully saturated rings. The molecule has 1 aromatic heterocycles. The summed E-state index contributed by atoms with van der Waals surface area (Å²) in [5.74, 6) is -0.938. The summed E-state index contributed by atoms with van der Waals surface area (Å²) in [6, 6.07) is 8.50. The Balaban J connectivity index is 1.98. The van der Waals surface area contributed by atoms with Crippen LogP contribution in [0.5, 0.6) is 0 Å². The minimum absolute atomic E-state index is 0.170. The van der Waals surface area contributed by atoms with E-state index < -0.39 is 18.5 Å². The molecule has 1 aromatic carbocycles. The molecule has 0 atom stereocenters. The molecule has 0 unspecified atom stereocenters. The highest BCUT2D eigenvalue weighted by atomic mass is 35.5. The molecule has 0 spiro atoms. The van der Waals surface area contributed by atoms with Crippen LogP contribution in [0.3, 0.4) is 0 Å².